The third kappa shape index (κ3) is 4.44. The Balaban J connectivity index is 1.50. The molecule has 4 rings (SSSR count). The summed E-state index contributed by atoms with van der Waals surface area (Å²) in [5.74, 6) is 0.897. The number of carbonyl (C=O) groups excluding carboxylic acids is 1. The SMILES string of the molecule is O=C(NCCNc1ncccn1)c1nc(-c2ccccc2)n(-c2ccccc2)n1. The fourth-order valence-electron chi connectivity index (χ4n) is 2.75. The molecule has 0 radical (unpaired) electrons. The lowest BCUT2D eigenvalue weighted by atomic mass is 10.2. The minimum atomic E-state index is -0.340. The first kappa shape index (κ1) is 18.3. The van der Waals surface area contributed by atoms with Crippen molar-refractivity contribution in [3.05, 3.63) is 84.9 Å². The van der Waals surface area contributed by atoms with Gasteiger partial charge >= 0.3 is 0 Å². The zero-order chi connectivity index (χ0) is 19.9. The van der Waals surface area contributed by atoms with Gasteiger partial charge in [-0.05, 0) is 18.2 Å². The van der Waals surface area contributed by atoms with Crippen molar-refractivity contribution in [1.82, 2.24) is 30.0 Å². The van der Waals surface area contributed by atoms with E-state index in [1.807, 2.05) is 60.7 Å². The van der Waals surface area contributed by atoms with Gasteiger partial charge in [0.2, 0.25) is 11.8 Å². The Kier molecular flexibility index (Phi) is 5.52. The van der Waals surface area contributed by atoms with Crippen LogP contribution in [0.3, 0.4) is 0 Å². The molecular weight excluding hydrogens is 366 g/mol. The van der Waals surface area contributed by atoms with Crippen molar-refractivity contribution in [3.63, 3.8) is 0 Å². The van der Waals surface area contributed by atoms with Crippen molar-refractivity contribution in [2.45, 2.75) is 0 Å². The summed E-state index contributed by atoms with van der Waals surface area (Å²) in [7, 11) is 0. The van der Waals surface area contributed by atoms with Crippen LogP contribution in [0.4, 0.5) is 5.95 Å². The lowest BCUT2D eigenvalue weighted by Gasteiger charge is -2.05. The fraction of sp³-hybridized carbons (Fsp3) is 0.0952. The van der Waals surface area contributed by atoms with Gasteiger partial charge in [-0.1, -0.05) is 48.5 Å². The van der Waals surface area contributed by atoms with E-state index in [2.05, 4.69) is 30.7 Å². The summed E-state index contributed by atoms with van der Waals surface area (Å²) in [6.45, 7) is 0.873. The van der Waals surface area contributed by atoms with E-state index in [1.54, 1.807) is 23.1 Å². The lowest BCUT2D eigenvalue weighted by Crippen LogP contribution is -2.30. The molecule has 0 aliphatic carbocycles. The maximum absolute atomic E-state index is 12.6. The van der Waals surface area contributed by atoms with Crippen LogP contribution >= 0.6 is 0 Å². The molecule has 8 heteroatoms. The van der Waals surface area contributed by atoms with Crippen LogP contribution in [0.15, 0.2) is 79.1 Å². The third-order valence-electron chi connectivity index (χ3n) is 4.10. The van der Waals surface area contributed by atoms with Crippen molar-refractivity contribution in [1.29, 1.82) is 0 Å². The van der Waals surface area contributed by atoms with Crippen LogP contribution in [0.25, 0.3) is 17.1 Å². The molecule has 4 aromatic rings. The average molecular weight is 385 g/mol. The minimum Gasteiger partial charge on any atom is -0.352 e. The maximum atomic E-state index is 12.6. The number of nitrogens with zero attached hydrogens (tertiary/aromatic N) is 5. The van der Waals surface area contributed by atoms with Gasteiger partial charge in [-0.15, -0.1) is 5.10 Å². The molecule has 2 N–H and O–H groups in total. The van der Waals surface area contributed by atoms with Gasteiger partial charge < -0.3 is 10.6 Å². The molecule has 0 spiro atoms. The first-order chi connectivity index (χ1) is 14.3. The molecule has 0 unspecified atom stereocenters. The summed E-state index contributed by atoms with van der Waals surface area (Å²) in [6, 6.07) is 21.0. The van der Waals surface area contributed by atoms with E-state index < -0.39 is 0 Å². The average Bonchev–Trinajstić information content (AvgIpc) is 3.24. The minimum absolute atomic E-state index is 0.115. The second-order valence-electron chi connectivity index (χ2n) is 6.13. The molecule has 144 valence electrons. The first-order valence-electron chi connectivity index (χ1n) is 9.18. The molecule has 29 heavy (non-hydrogen) atoms. The molecule has 2 heterocycles. The number of hydrogen-bond donors (Lipinski definition) is 2. The molecule has 0 saturated heterocycles. The van der Waals surface area contributed by atoms with E-state index in [0.717, 1.165) is 11.3 Å². The van der Waals surface area contributed by atoms with Gasteiger partial charge in [0.15, 0.2) is 5.82 Å². The number of para-hydroxylation sites is 1. The Hall–Kier alpha value is -4.07. The molecule has 2 aromatic heterocycles. The van der Waals surface area contributed by atoms with Crippen LogP contribution in [0.5, 0.6) is 0 Å². The molecule has 0 bridgehead atoms. The highest BCUT2D eigenvalue weighted by Gasteiger charge is 2.18. The van der Waals surface area contributed by atoms with Crippen LogP contribution in [0, 0.1) is 0 Å². The smallest absolute Gasteiger partial charge is 0.291 e. The fourth-order valence-corrected chi connectivity index (χ4v) is 2.75. The number of amides is 1. The van der Waals surface area contributed by atoms with E-state index in [9.17, 15) is 4.79 Å². The summed E-state index contributed by atoms with van der Waals surface area (Å²) < 4.78 is 1.68. The molecule has 0 aliphatic rings. The number of aromatic nitrogens is 5. The van der Waals surface area contributed by atoms with Crippen molar-refractivity contribution in [3.8, 4) is 17.1 Å². The number of rotatable bonds is 7. The van der Waals surface area contributed by atoms with Crippen LogP contribution in [0.1, 0.15) is 10.6 Å². The number of nitrogens with one attached hydrogen (secondary N) is 2. The highest BCUT2D eigenvalue weighted by Crippen LogP contribution is 2.20. The number of benzene rings is 2. The van der Waals surface area contributed by atoms with Crippen LogP contribution in [0.2, 0.25) is 0 Å². The monoisotopic (exact) mass is 385 g/mol. The quantitative estimate of drug-likeness (QED) is 0.475. The van der Waals surface area contributed by atoms with E-state index in [-0.39, 0.29) is 11.7 Å². The molecule has 0 atom stereocenters. The van der Waals surface area contributed by atoms with E-state index in [4.69, 9.17) is 0 Å². The van der Waals surface area contributed by atoms with Gasteiger partial charge in [-0.2, -0.15) is 0 Å². The summed E-state index contributed by atoms with van der Waals surface area (Å²) >= 11 is 0. The Labute approximate surface area is 167 Å². The number of anilines is 1. The van der Waals surface area contributed by atoms with Crippen molar-refractivity contribution >= 4 is 11.9 Å². The van der Waals surface area contributed by atoms with E-state index in [0.29, 0.717) is 24.9 Å². The van der Waals surface area contributed by atoms with Crippen LogP contribution in [-0.2, 0) is 0 Å². The number of hydrogen-bond acceptors (Lipinski definition) is 6. The molecule has 0 aliphatic heterocycles. The first-order valence-corrected chi connectivity index (χ1v) is 9.18. The van der Waals surface area contributed by atoms with Gasteiger partial charge in [0, 0.05) is 31.0 Å². The topological polar surface area (TPSA) is 97.6 Å². The van der Waals surface area contributed by atoms with Crippen molar-refractivity contribution in [2.75, 3.05) is 18.4 Å². The predicted molar refractivity (Wildman–Crippen MR) is 110 cm³/mol. The summed E-state index contributed by atoms with van der Waals surface area (Å²) in [6.07, 6.45) is 3.30. The Morgan fingerprint density at radius 2 is 1.55 bits per heavy atom. The van der Waals surface area contributed by atoms with E-state index in [1.165, 1.54) is 0 Å². The van der Waals surface area contributed by atoms with Gasteiger partial charge in [0.25, 0.3) is 5.91 Å². The standard InChI is InChI=1S/C21H19N7O/c29-20(22-14-15-25-21-23-12-7-13-24-21)18-26-19(16-8-3-1-4-9-16)28(27-18)17-10-5-2-6-11-17/h1-13H,14-15H2,(H,22,29)(H,23,24,25). The molecule has 1 amide bonds. The van der Waals surface area contributed by atoms with Crippen molar-refractivity contribution < 1.29 is 4.79 Å². The molecule has 2 aromatic carbocycles. The lowest BCUT2D eigenvalue weighted by molar-refractivity contribution is 0.0945. The summed E-state index contributed by atoms with van der Waals surface area (Å²) in [5, 5.41) is 10.3. The van der Waals surface area contributed by atoms with Gasteiger partial charge in [-0.25, -0.2) is 19.6 Å². The zero-order valence-corrected chi connectivity index (χ0v) is 15.6. The van der Waals surface area contributed by atoms with Gasteiger partial charge in [-0.3, -0.25) is 4.79 Å². The maximum Gasteiger partial charge on any atom is 0.291 e. The highest BCUT2D eigenvalue weighted by molar-refractivity contribution is 5.91. The highest BCUT2D eigenvalue weighted by atomic mass is 16.2. The third-order valence-corrected chi connectivity index (χ3v) is 4.10. The zero-order valence-electron chi connectivity index (χ0n) is 15.6. The predicted octanol–water partition coefficient (Wildman–Crippen LogP) is 2.57. The molecule has 0 fully saturated rings. The molecule has 0 saturated carbocycles. The summed E-state index contributed by atoms with van der Waals surface area (Å²) in [4.78, 5) is 25.2. The summed E-state index contributed by atoms with van der Waals surface area (Å²) in [5.41, 5.74) is 1.71. The largest absolute Gasteiger partial charge is 0.352 e. The molecule has 8 nitrogen and oxygen atoms in total. The van der Waals surface area contributed by atoms with Crippen LogP contribution < -0.4 is 10.6 Å². The van der Waals surface area contributed by atoms with Crippen molar-refractivity contribution in [2.24, 2.45) is 0 Å². The number of carbonyl (C=O) groups is 1. The molecular formula is C21H19N7O. The second kappa shape index (κ2) is 8.75. The normalized spacial score (nSPS) is 10.5. The Morgan fingerprint density at radius 3 is 2.28 bits per heavy atom. The van der Waals surface area contributed by atoms with E-state index >= 15 is 0 Å². The Bertz CT molecular complexity index is 1010. The van der Waals surface area contributed by atoms with Crippen LogP contribution in [-0.4, -0.2) is 43.7 Å². The van der Waals surface area contributed by atoms with Gasteiger partial charge in [0.1, 0.15) is 0 Å². The van der Waals surface area contributed by atoms with Gasteiger partial charge in [0.05, 0.1) is 5.69 Å². The Morgan fingerprint density at radius 1 is 0.862 bits per heavy atom. The second-order valence-corrected chi connectivity index (χ2v) is 6.13.